The molecule has 4 atom stereocenters. The number of ketones is 1. The Bertz CT molecular complexity index is 235. The molecule has 0 amide bonds. The predicted molar refractivity (Wildman–Crippen MR) is 39.4 cm³/mol. The molecule has 12 heavy (non-hydrogen) atoms. The van der Waals surface area contributed by atoms with E-state index in [2.05, 4.69) is 0 Å². The lowest BCUT2D eigenvalue weighted by Gasteiger charge is -2.19. The summed E-state index contributed by atoms with van der Waals surface area (Å²) in [7, 11) is 0. The molecule has 0 bridgehead atoms. The van der Waals surface area contributed by atoms with Gasteiger partial charge in [-0.3, -0.25) is 4.79 Å². The van der Waals surface area contributed by atoms with E-state index in [1.807, 2.05) is 6.92 Å². The van der Waals surface area contributed by atoms with Gasteiger partial charge in [-0.15, -0.1) is 0 Å². The molecule has 0 aliphatic carbocycles. The summed E-state index contributed by atoms with van der Waals surface area (Å²) < 4.78 is 10.1. The van der Waals surface area contributed by atoms with Gasteiger partial charge in [-0.05, 0) is 19.1 Å². The van der Waals surface area contributed by atoms with Gasteiger partial charge < -0.3 is 14.6 Å². The summed E-state index contributed by atoms with van der Waals surface area (Å²) in [5.41, 5.74) is 0. The Kier molecular flexibility index (Phi) is 1.75. The lowest BCUT2D eigenvalue weighted by molar-refractivity contribution is -0.150. The number of hydrogen-bond donors (Lipinski definition) is 1. The summed E-state index contributed by atoms with van der Waals surface area (Å²) in [5, 5.41) is 9.04. The molecule has 0 aromatic heterocycles. The van der Waals surface area contributed by atoms with Crippen molar-refractivity contribution in [3.8, 4) is 0 Å². The minimum atomic E-state index is -0.968. The molecule has 2 heterocycles. The Morgan fingerprint density at radius 3 is 2.75 bits per heavy atom. The Morgan fingerprint density at radius 2 is 2.17 bits per heavy atom. The summed E-state index contributed by atoms with van der Waals surface area (Å²) in [6.07, 6.45) is 0.984. The molecule has 1 saturated heterocycles. The van der Waals surface area contributed by atoms with Gasteiger partial charge in [-0.1, -0.05) is 0 Å². The van der Waals surface area contributed by atoms with Gasteiger partial charge in [-0.25, -0.2) is 0 Å². The summed E-state index contributed by atoms with van der Waals surface area (Å²) in [6, 6.07) is 0. The van der Waals surface area contributed by atoms with E-state index < -0.39 is 12.4 Å². The number of ether oxygens (including phenoxy) is 2. The van der Waals surface area contributed by atoms with Crippen molar-refractivity contribution < 1.29 is 19.4 Å². The monoisotopic (exact) mass is 170 g/mol. The summed E-state index contributed by atoms with van der Waals surface area (Å²) in [4.78, 5) is 11.2. The zero-order valence-corrected chi connectivity index (χ0v) is 6.64. The third-order valence-electron chi connectivity index (χ3n) is 2.05. The average Bonchev–Trinajstić information content (AvgIpc) is 2.73. The van der Waals surface area contributed by atoms with Crippen molar-refractivity contribution in [1.82, 2.24) is 0 Å². The number of aliphatic hydroxyl groups is 1. The molecule has 1 N–H and O–H groups in total. The maximum absolute atomic E-state index is 11.2. The molecule has 2 aliphatic rings. The second-order valence-corrected chi connectivity index (χ2v) is 3.01. The number of epoxide rings is 1. The van der Waals surface area contributed by atoms with Gasteiger partial charge in [0.2, 0.25) is 0 Å². The second-order valence-electron chi connectivity index (χ2n) is 3.01. The van der Waals surface area contributed by atoms with E-state index in [-0.39, 0.29) is 18.0 Å². The van der Waals surface area contributed by atoms with Crippen LogP contribution in [0, 0.1) is 0 Å². The van der Waals surface area contributed by atoms with Crippen molar-refractivity contribution >= 4 is 5.78 Å². The lowest BCUT2D eigenvalue weighted by Crippen LogP contribution is -2.36. The number of carbonyl (C=O) groups is 1. The van der Waals surface area contributed by atoms with Crippen LogP contribution in [0.25, 0.3) is 0 Å². The highest BCUT2D eigenvalue weighted by molar-refractivity contribution is 5.95. The molecule has 4 nitrogen and oxygen atoms in total. The fraction of sp³-hybridized carbons (Fsp3) is 0.625. The molecule has 2 rings (SSSR count). The molecule has 0 aromatic carbocycles. The fourth-order valence-electron chi connectivity index (χ4n) is 1.29. The zero-order chi connectivity index (χ0) is 8.72. The molecule has 0 saturated carbocycles. The number of carbonyl (C=O) groups excluding carboxylic acids is 1. The van der Waals surface area contributed by atoms with Crippen molar-refractivity contribution in [3.63, 3.8) is 0 Å². The molecule has 66 valence electrons. The predicted octanol–water partition coefficient (Wildman–Crippen LogP) is -0.384. The van der Waals surface area contributed by atoms with E-state index in [1.54, 1.807) is 0 Å². The van der Waals surface area contributed by atoms with E-state index >= 15 is 0 Å². The smallest absolute Gasteiger partial charge is 0.187 e. The number of hydrogen-bond acceptors (Lipinski definition) is 4. The standard InChI is InChI=1S/C8H10O4/c1-4-7(11-4)8-5(9)2-3-6(10)12-8/h2-4,6-8,10H,1H3/t4-,6?,7+,8-/m1/s1. The third kappa shape index (κ3) is 1.29. The largest absolute Gasteiger partial charge is 0.367 e. The van der Waals surface area contributed by atoms with Gasteiger partial charge in [0.1, 0.15) is 6.10 Å². The van der Waals surface area contributed by atoms with E-state index in [0.29, 0.717) is 0 Å². The zero-order valence-electron chi connectivity index (χ0n) is 6.64. The third-order valence-corrected chi connectivity index (χ3v) is 2.05. The van der Waals surface area contributed by atoms with Crippen molar-refractivity contribution in [2.75, 3.05) is 0 Å². The van der Waals surface area contributed by atoms with Crippen LogP contribution in [0.2, 0.25) is 0 Å². The van der Waals surface area contributed by atoms with Gasteiger partial charge in [0.25, 0.3) is 0 Å². The second kappa shape index (κ2) is 2.65. The molecule has 4 heteroatoms. The SMILES string of the molecule is C[C@H]1O[C@@H]1[C@@H]1OC(O)C=CC1=O. The number of rotatable bonds is 1. The first-order valence-electron chi connectivity index (χ1n) is 3.89. The van der Waals surface area contributed by atoms with E-state index in [1.165, 1.54) is 12.2 Å². The minimum absolute atomic E-state index is 0.0673. The molecular formula is C8H10O4. The molecule has 0 spiro atoms. The van der Waals surface area contributed by atoms with Crippen LogP contribution in [0.1, 0.15) is 6.92 Å². The molecule has 0 radical (unpaired) electrons. The summed E-state index contributed by atoms with van der Waals surface area (Å²) >= 11 is 0. The topological polar surface area (TPSA) is 59.1 Å². The average molecular weight is 170 g/mol. The first kappa shape index (κ1) is 7.91. The highest BCUT2D eigenvalue weighted by Crippen LogP contribution is 2.29. The minimum Gasteiger partial charge on any atom is -0.367 e. The molecule has 0 aromatic rings. The quantitative estimate of drug-likeness (QED) is 0.545. The Hall–Kier alpha value is -0.710. The van der Waals surface area contributed by atoms with Gasteiger partial charge in [0, 0.05) is 0 Å². The van der Waals surface area contributed by atoms with Gasteiger partial charge in [0.05, 0.1) is 6.10 Å². The molecule has 2 aliphatic heterocycles. The van der Waals surface area contributed by atoms with Crippen LogP contribution in [-0.2, 0) is 14.3 Å². The lowest BCUT2D eigenvalue weighted by atomic mass is 10.1. The van der Waals surface area contributed by atoms with Gasteiger partial charge >= 0.3 is 0 Å². The summed E-state index contributed by atoms with van der Waals surface area (Å²) in [6.45, 7) is 1.87. The molecule has 1 unspecified atom stereocenters. The Balaban J connectivity index is 2.06. The molecular weight excluding hydrogens is 160 g/mol. The van der Waals surface area contributed by atoms with Crippen LogP contribution in [0.5, 0.6) is 0 Å². The Labute approximate surface area is 69.8 Å². The van der Waals surface area contributed by atoms with Crippen molar-refractivity contribution in [2.45, 2.75) is 31.5 Å². The van der Waals surface area contributed by atoms with Crippen LogP contribution in [-0.4, -0.2) is 35.5 Å². The van der Waals surface area contributed by atoms with E-state index in [0.717, 1.165) is 0 Å². The first-order valence-corrected chi connectivity index (χ1v) is 3.89. The van der Waals surface area contributed by atoms with Crippen LogP contribution in [0.4, 0.5) is 0 Å². The van der Waals surface area contributed by atoms with Crippen LogP contribution in [0.15, 0.2) is 12.2 Å². The normalized spacial score (nSPS) is 46.3. The highest BCUT2D eigenvalue weighted by atomic mass is 16.7. The fourth-order valence-corrected chi connectivity index (χ4v) is 1.29. The first-order chi connectivity index (χ1) is 5.68. The summed E-state index contributed by atoms with van der Waals surface area (Å²) in [5.74, 6) is -0.130. The Morgan fingerprint density at radius 1 is 1.50 bits per heavy atom. The van der Waals surface area contributed by atoms with Crippen molar-refractivity contribution in [2.24, 2.45) is 0 Å². The van der Waals surface area contributed by atoms with Crippen LogP contribution >= 0.6 is 0 Å². The van der Waals surface area contributed by atoms with Crippen molar-refractivity contribution in [3.05, 3.63) is 12.2 Å². The van der Waals surface area contributed by atoms with Gasteiger partial charge in [-0.2, -0.15) is 0 Å². The van der Waals surface area contributed by atoms with E-state index in [9.17, 15) is 4.79 Å². The molecule has 1 fully saturated rings. The van der Waals surface area contributed by atoms with E-state index in [4.69, 9.17) is 14.6 Å². The highest BCUT2D eigenvalue weighted by Gasteiger charge is 2.46. The number of aliphatic hydroxyl groups excluding tert-OH is 1. The maximum atomic E-state index is 11.2. The van der Waals surface area contributed by atoms with Gasteiger partial charge in [0.15, 0.2) is 18.2 Å². The maximum Gasteiger partial charge on any atom is 0.187 e. The van der Waals surface area contributed by atoms with Crippen LogP contribution < -0.4 is 0 Å². The van der Waals surface area contributed by atoms with Crippen LogP contribution in [0.3, 0.4) is 0 Å². The van der Waals surface area contributed by atoms with Crippen molar-refractivity contribution in [1.29, 1.82) is 0 Å².